The Labute approximate surface area is 105 Å². The Hall–Kier alpha value is -1.52. The molecule has 0 saturated carbocycles. The van der Waals surface area contributed by atoms with Crippen molar-refractivity contribution in [3.05, 3.63) is 40.8 Å². The zero-order chi connectivity index (χ0) is 12.3. The predicted molar refractivity (Wildman–Crippen MR) is 65.7 cm³/mol. The fraction of sp³-hybridized carbons (Fsp3) is 0.250. The van der Waals surface area contributed by atoms with Crippen molar-refractivity contribution in [2.45, 2.75) is 13.5 Å². The minimum Gasteiger partial charge on any atom is -0.378 e. The molecule has 0 radical (unpaired) electrons. The number of ether oxygens (including phenoxy) is 1. The SMILES string of the molecule is COCc1cc(Cl)nc(-c2cc(C)ccn2)n1. The van der Waals surface area contributed by atoms with E-state index >= 15 is 0 Å². The topological polar surface area (TPSA) is 47.9 Å². The molecule has 17 heavy (non-hydrogen) atoms. The molecule has 4 nitrogen and oxygen atoms in total. The van der Waals surface area contributed by atoms with Gasteiger partial charge in [0.2, 0.25) is 0 Å². The van der Waals surface area contributed by atoms with E-state index < -0.39 is 0 Å². The molecule has 2 aromatic rings. The van der Waals surface area contributed by atoms with Crippen LogP contribution in [0.5, 0.6) is 0 Å². The van der Waals surface area contributed by atoms with Crippen LogP contribution in [-0.2, 0) is 11.3 Å². The Kier molecular flexibility index (Phi) is 3.66. The number of halogens is 1. The predicted octanol–water partition coefficient (Wildman–Crippen LogP) is 2.65. The number of rotatable bonds is 3. The number of hydrogen-bond acceptors (Lipinski definition) is 4. The Bertz CT molecular complexity index is 531. The van der Waals surface area contributed by atoms with Crippen molar-refractivity contribution in [3.8, 4) is 11.5 Å². The molecular formula is C12H12ClN3O. The van der Waals surface area contributed by atoms with Crippen LogP contribution in [0, 0.1) is 6.92 Å². The van der Waals surface area contributed by atoms with Gasteiger partial charge >= 0.3 is 0 Å². The minimum absolute atomic E-state index is 0.394. The van der Waals surface area contributed by atoms with E-state index in [0.717, 1.165) is 11.3 Å². The van der Waals surface area contributed by atoms with E-state index in [1.807, 2.05) is 19.1 Å². The quantitative estimate of drug-likeness (QED) is 0.785. The third kappa shape index (κ3) is 2.99. The smallest absolute Gasteiger partial charge is 0.179 e. The fourth-order valence-electron chi connectivity index (χ4n) is 1.46. The molecule has 0 saturated heterocycles. The first kappa shape index (κ1) is 12.0. The van der Waals surface area contributed by atoms with E-state index in [1.165, 1.54) is 0 Å². The van der Waals surface area contributed by atoms with Gasteiger partial charge in [0, 0.05) is 13.3 Å². The first-order valence-corrected chi connectivity index (χ1v) is 5.52. The van der Waals surface area contributed by atoms with Crippen molar-refractivity contribution in [2.24, 2.45) is 0 Å². The van der Waals surface area contributed by atoms with Crippen LogP contribution in [0.3, 0.4) is 0 Å². The standard InChI is InChI=1S/C12H12ClN3O/c1-8-3-4-14-10(5-8)12-15-9(7-17-2)6-11(13)16-12/h3-6H,7H2,1-2H3. The van der Waals surface area contributed by atoms with Crippen molar-refractivity contribution in [2.75, 3.05) is 7.11 Å². The summed E-state index contributed by atoms with van der Waals surface area (Å²) in [6, 6.07) is 5.52. The van der Waals surface area contributed by atoms with Crippen molar-refractivity contribution in [3.63, 3.8) is 0 Å². The Balaban J connectivity index is 2.44. The molecule has 88 valence electrons. The van der Waals surface area contributed by atoms with E-state index in [1.54, 1.807) is 19.4 Å². The normalized spacial score (nSPS) is 10.5. The summed E-state index contributed by atoms with van der Waals surface area (Å²) in [6.07, 6.45) is 1.73. The van der Waals surface area contributed by atoms with Gasteiger partial charge in [0.25, 0.3) is 0 Å². The summed E-state index contributed by atoms with van der Waals surface area (Å²) in [5, 5.41) is 0.394. The number of aryl methyl sites for hydroxylation is 1. The number of pyridine rings is 1. The molecule has 0 atom stereocenters. The third-order valence-corrected chi connectivity index (χ3v) is 2.38. The molecule has 0 aromatic carbocycles. The lowest BCUT2D eigenvalue weighted by atomic mass is 10.2. The molecule has 0 unspecified atom stereocenters. The second-order valence-electron chi connectivity index (χ2n) is 3.66. The highest BCUT2D eigenvalue weighted by Crippen LogP contribution is 2.17. The highest BCUT2D eigenvalue weighted by molar-refractivity contribution is 6.29. The minimum atomic E-state index is 0.394. The van der Waals surface area contributed by atoms with Crippen LogP contribution in [0.15, 0.2) is 24.4 Å². The molecule has 0 fully saturated rings. The molecule has 0 aliphatic carbocycles. The zero-order valence-corrected chi connectivity index (χ0v) is 10.4. The molecule has 0 aliphatic rings. The van der Waals surface area contributed by atoms with Gasteiger partial charge in [-0.2, -0.15) is 0 Å². The summed E-state index contributed by atoms with van der Waals surface area (Å²) in [5.74, 6) is 0.522. The number of aromatic nitrogens is 3. The van der Waals surface area contributed by atoms with Gasteiger partial charge in [-0.15, -0.1) is 0 Å². The summed E-state index contributed by atoms with van der Waals surface area (Å²) in [5.41, 5.74) is 2.56. The molecule has 2 rings (SSSR count). The summed E-state index contributed by atoms with van der Waals surface area (Å²) in [6.45, 7) is 2.40. The van der Waals surface area contributed by atoms with E-state index in [2.05, 4.69) is 15.0 Å². The average molecular weight is 250 g/mol. The molecule has 0 spiro atoms. The highest BCUT2D eigenvalue weighted by Gasteiger charge is 2.07. The van der Waals surface area contributed by atoms with Crippen molar-refractivity contribution >= 4 is 11.6 Å². The van der Waals surface area contributed by atoms with Crippen LogP contribution in [-0.4, -0.2) is 22.1 Å². The maximum Gasteiger partial charge on any atom is 0.179 e. The van der Waals surface area contributed by atoms with Gasteiger partial charge in [-0.05, 0) is 30.7 Å². The lowest BCUT2D eigenvalue weighted by Crippen LogP contribution is -1.99. The summed E-state index contributed by atoms with van der Waals surface area (Å²) in [7, 11) is 1.61. The van der Waals surface area contributed by atoms with E-state index in [9.17, 15) is 0 Å². The highest BCUT2D eigenvalue weighted by atomic mass is 35.5. The zero-order valence-electron chi connectivity index (χ0n) is 9.64. The van der Waals surface area contributed by atoms with Crippen LogP contribution in [0.1, 0.15) is 11.3 Å². The number of hydrogen-bond donors (Lipinski definition) is 0. The van der Waals surface area contributed by atoms with Gasteiger partial charge in [-0.25, -0.2) is 9.97 Å². The van der Waals surface area contributed by atoms with E-state index in [-0.39, 0.29) is 0 Å². The van der Waals surface area contributed by atoms with Gasteiger partial charge in [-0.3, -0.25) is 4.98 Å². The maximum absolute atomic E-state index is 5.94. The summed E-state index contributed by atoms with van der Waals surface area (Å²) < 4.78 is 5.03. The van der Waals surface area contributed by atoms with Crippen LogP contribution in [0.4, 0.5) is 0 Å². The van der Waals surface area contributed by atoms with Gasteiger partial charge in [0.15, 0.2) is 5.82 Å². The maximum atomic E-state index is 5.94. The molecule has 0 amide bonds. The number of nitrogens with zero attached hydrogens (tertiary/aromatic N) is 3. The van der Waals surface area contributed by atoms with Gasteiger partial charge in [-0.1, -0.05) is 11.6 Å². The van der Waals surface area contributed by atoms with Crippen LogP contribution in [0.2, 0.25) is 5.15 Å². The molecule has 0 aliphatic heterocycles. The largest absolute Gasteiger partial charge is 0.378 e. The van der Waals surface area contributed by atoms with Gasteiger partial charge in [0.1, 0.15) is 10.8 Å². The lowest BCUT2D eigenvalue weighted by molar-refractivity contribution is 0.181. The van der Waals surface area contributed by atoms with Crippen LogP contribution >= 0.6 is 11.6 Å². The van der Waals surface area contributed by atoms with Crippen molar-refractivity contribution in [1.82, 2.24) is 15.0 Å². The first-order chi connectivity index (χ1) is 8.19. The Morgan fingerprint density at radius 1 is 1.29 bits per heavy atom. The van der Waals surface area contributed by atoms with Crippen LogP contribution < -0.4 is 0 Å². The number of methoxy groups -OCH3 is 1. The van der Waals surface area contributed by atoms with E-state index in [4.69, 9.17) is 16.3 Å². The first-order valence-electron chi connectivity index (χ1n) is 5.14. The summed E-state index contributed by atoms with van der Waals surface area (Å²) in [4.78, 5) is 12.7. The van der Waals surface area contributed by atoms with Crippen LogP contribution in [0.25, 0.3) is 11.5 Å². The van der Waals surface area contributed by atoms with Crippen molar-refractivity contribution in [1.29, 1.82) is 0 Å². The van der Waals surface area contributed by atoms with Crippen molar-refractivity contribution < 1.29 is 4.74 Å². The summed E-state index contributed by atoms with van der Waals surface area (Å²) >= 11 is 5.94. The molecule has 0 bridgehead atoms. The third-order valence-electron chi connectivity index (χ3n) is 2.18. The van der Waals surface area contributed by atoms with E-state index in [0.29, 0.717) is 23.3 Å². The fourth-order valence-corrected chi connectivity index (χ4v) is 1.67. The molecule has 2 heterocycles. The average Bonchev–Trinajstić information content (AvgIpc) is 2.28. The second kappa shape index (κ2) is 5.21. The Morgan fingerprint density at radius 3 is 2.82 bits per heavy atom. The molecular weight excluding hydrogens is 238 g/mol. The lowest BCUT2D eigenvalue weighted by Gasteiger charge is -2.04. The molecule has 5 heteroatoms. The second-order valence-corrected chi connectivity index (χ2v) is 4.04. The molecule has 0 N–H and O–H groups in total. The Morgan fingerprint density at radius 2 is 2.12 bits per heavy atom. The van der Waals surface area contributed by atoms with Gasteiger partial charge in [0.05, 0.1) is 12.3 Å². The molecule has 2 aromatic heterocycles. The monoisotopic (exact) mass is 249 g/mol. The van der Waals surface area contributed by atoms with Gasteiger partial charge < -0.3 is 4.74 Å².